The van der Waals surface area contributed by atoms with E-state index in [1.165, 1.54) is 13.3 Å². The number of nitrogens with one attached hydrogen (secondary N) is 2. The molecule has 0 radical (unpaired) electrons. The van der Waals surface area contributed by atoms with E-state index in [-0.39, 0.29) is 12.3 Å². The largest absolute Gasteiger partial charge is 0.385 e. The Hall–Kier alpha value is -1.69. The van der Waals surface area contributed by atoms with Crippen LogP contribution in [0.1, 0.15) is 13.3 Å². The van der Waals surface area contributed by atoms with E-state index in [1.54, 1.807) is 13.2 Å². The number of hydrogen-bond donors (Lipinski definition) is 2. The number of Topliss-reactive ketones (excluding diaryl/α,β-unsaturated/α-hetero) is 1. The summed E-state index contributed by atoms with van der Waals surface area (Å²) >= 11 is 0. The van der Waals surface area contributed by atoms with Crippen molar-refractivity contribution in [3.63, 3.8) is 0 Å². The predicted molar refractivity (Wildman–Crippen MR) is 66.2 cm³/mol. The second-order valence-electron chi connectivity index (χ2n) is 3.62. The van der Waals surface area contributed by atoms with Crippen LogP contribution in [0.3, 0.4) is 0 Å². The molecule has 0 saturated heterocycles. The van der Waals surface area contributed by atoms with Gasteiger partial charge in [-0.3, -0.25) is 4.79 Å². The molecule has 6 heteroatoms. The number of methoxy groups -OCH3 is 1. The number of ether oxygens (including phenoxy) is 1. The van der Waals surface area contributed by atoms with Gasteiger partial charge in [-0.05, 0) is 13.3 Å². The molecular weight excluding hydrogens is 220 g/mol. The Bertz CT molecular complexity index is 357. The van der Waals surface area contributed by atoms with E-state index in [0.717, 1.165) is 18.8 Å². The Morgan fingerprint density at radius 3 is 2.71 bits per heavy atom. The third-order valence-electron chi connectivity index (χ3n) is 2.02. The lowest BCUT2D eigenvalue weighted by Gasteiger charge is -2.07. The summed E-state index contributed by atoms with van der Waals surface area (Å²) in [7, 11) is 1.68. The lowest BCUT2D eigenvalue weighted by atomic mass is 10.4. The van der Waals surface area contributed by atoms with Crippen molar-refractivity contribution in [1.29, 1.82) is 0 Å². The van der Waals surface area contributed by atoms with Gasteiger partial charge in [0.1, 0.15) is 23.7 Å². The van der Waals surface area contributed by atoms with Gasteiger partial charge in [0.15, 0.2) is 0 Å². The molecule has 1 aromatic rings. The minimum atomic E-state index is 0.0678. The van der Waals surface area contributed by atoms with Crippen molar-refractivity contribution < 1.29 is 9.53 Å². The van der Waals surface area contributed by atoms with Gasteiger partial charge in [0, 0.05) is 26.3 Å². The van der Waals surface area contributed by atoms with E-state index in [1.807, 2.05) is 0 Å². The van der Waals surface area contributed by atoms with Gasteiger partial charge < -0.3 is 15.4 Å². The molecule has 0 fully saturated rings. The Morgan fingerprint density at radius 1 is 1.35 bits per heavy atom. The first kappa shape index (κ1) is 13.4. The van der Waals surface area contributed by atoms with Crippen LogP contribution < -0.4 is 10.6 Å². The lowest BCUT2D eigenvalue weighted by Crippen LogP contribution is -2.12. The van der Waals surface area contributed by atoms with Gasteiger partial charge in [-0.1, -0.05) is 0 Å². The molecular formula is C11H18N4O2. The van der Waals surface area contributed by atoms with Crippen LogP contribution in [0.15, 0.2) is 12.4 Å². The van der Waals surface area contributed by atoms with Crippen molar-refractivity contribution in [3.05, 3.63) is 12.4 Å². The van der Waals surface area contributed by atoms with Crippen molar-refractivity contribution in [2.75, 3.05) is 37.4 Å². The average molecular weight is 238 g/mol. The number of rotatable bonds is 8. The van der Waals surface area contributed by atoms with Gasteiger partial charge in [0.05, 0.1) is 6.54 Å². The smallest absolute Gasteiger partial charge is 0.148 e. The van der Waals surface area contributed by atoms with Crippen LogP contribution in [0.4, 0.5) is 11.6 Å². The molecule has 0 aliphatic rings. The van der Waals surface area contributed by atoms with E-state index in [0.29, 0.717) is 12.4 Å². The molecule has 0 unspecified atom stereocenters. The highest BCUT2D eigenvalue weighted by molar-refractivity contribution is 5.80. The number of hydrogen-bond acceptors (Lipinski definition) is 6. The Morgan fingerprint density at radius 2 is 2.06 bits per heavy atom. The molecule has 0 bridgehead atoms. The molecule has 0 saturated carbocycles. The molecule has 94 valence electrons. The van der Waals surface area contributed by atoms with Gasteiger partial charge in [-0.15, -0.1) is 0 Å². The number of anilines is 2. The Labute approximate surface area is 101 Å². The minimum Gasteiger partial charge on any atom is -0.385 e. The fourth-order valence-electron chi connectivity index (χ4n) is 1.20. The highest BCUT2D eigenvalue weighted by atomic mass is 16.5. The highest BCUT2D eigenvalue weighted by Crippen LogP contribution is 2.07. The number of aromatic nitrogens is 2. The second-order valence-corrected chi connectivity index (χ2v) is 3.62. The number of nitrogens with zero attached hydrogens (tertiary/aromatic N) is 2. The summed E-state index contributed by atoms with van der Waals surface area (Å²) in [5.74, 6) is 1.45. The molecule has 1 aromatic heterocycles. The van der Waals surface area contributed by atoms with Gasteiger partial charge in [0.25, 0.3) is 0 Å². The molecule has 0 aliphatic heterocycles. The molecule has 2 N–H and O–H groups in total. The van der Waals surface area contributed by atoms with Crippen molar-refractivity contribution in [3.8, 4) is 0 Å². The number of carbonyl (C=O) groups excluding carboxylic acids is 1. The fraction of sp³-hybridized carbons (Fsp3) is 0.545. The molecule has 1 heterocycles. The first-order valence-corrected chi connectivity index (χ1v) is 5.50. The monoisotopic (exact) mass is 238 g/mol. The maximum Gasteiger partial charge on any atom is 0.148 e. The van der Waals surface area contributed by atoms with Crippen molar-refractivity contribution in [2.45, 2.75) is 13.3 Å². The molecule has 0 spiro atoms. The van der Waals surface area contributed by atoms with Crippen molar-refractivity contribution >= 4 is 17.4 Å². The molecule has 17 heavy (non-hydrogen) atoms. The van der Waals surface area contributed by atoms with E-state index >= 15 is 0 Å². The molecule has 0 amide bonds. The van der Waals surface area contributed by atoms with Crippen LogP contribution in [0, 0.1) is 0 Å². The van der Waals surface area contributed by atoms with E-state index < -0.39 is 0 Å². The number of carbonyl (C=O) groups is 1. The van der Waals surface area contributed by atoms with Crippen LogP contribution in [0.2, 0.25) is 0 Å². The maximum absolute atomic E-state index is 10.8. The normalized spacial score (nSPS) is 10.0. The van der Waals surface area contributed by atoms with Crippen molar-refractivity contribution in [2.24, 2.45) is 0 Å². The van der Waals surface area contributed by atoms with Crippen LogP contribution in [-0.4, -0.2) is 42.6 Å². The Kier molecular flexibility index (Phi) is 5.95. The molecule has 1 rings (SSSR count). The summed E-state index contributed by atoms with van der Waals surface area (Å²) in [6.07, 6.45) is 2.37. The quantitative estimate of drug-likeness (QED) is 0.656. The zero-order valence-corrected chi connectivity index (χ0v) is 10.2. The molecule has 0 aromatic carbocycles. The molecule has 6 nitrogen and oxygen atoms in total. The first-order valence-electron chi connectivity index (χ1n) is 5.50. The van der Waals surface area contributed by atoms with Crippen LogP contribution in [0.25, 0.3) is 0 Å². The molecule has 0 aliphatic carbocycles. The summed E-state index contributed by atoms with van der Waals surface area (Å²) < 4.78 is 4.95. The topological polar surface area (TPSA) is 76.1 Å². The minimum absolute atomic E-state index is 0.0678. The van der Waals surface area contributed by atoms with Crippen LogP contribution >= 0.6 is 0 Å². The van der Waals surface area contributed by atoms with Crippen LogP contribution in [0.5, 0.6) is 0 Å². The molecule has 0 atom stereocenters. The fourth-order valence-corrected chi connectivity index (χ4v) is 1.20. The van der Waals surface area contributed by atoms with Gasteiger partial charge in [-0.25, -0.2) is 9.97 Å². The van der Waals surface area contributed by atoms with Crippen molar-refractivity contribution in [1.82, 2.24) is 9.97 Å². The Balaban J connectivity index is 2.39. The lowest BCUT2D eigenvalue weighted by molar-refractivity contribution is -0.115. The van der Waals surface area contributed by atoms with E-state index in [2.05, 4.69) is 20.6 Å². The summed E-state index contributed by atoms with van der Waals surface area (Å²) in [5, 5.41) is 6.07. The van der Waals surface area contributed by atoms with Crippen LogP contribution in [-0.2, 0) is 9.53 Å². The zero-order chi connectivity index (χ0) is 12.5. The standard InChI is InChI=1S/C11H18N4O2/c1-9(16)7-13-11-6-10(14-8-15-11)12-4-3-5-17-2/h6,8H,3-5,7H2,1-2H3,(H2,12,13,14,15). The third kappa shape index (κ3) is 5.82. The first-order chi connectivity index (χ1) is 8.22. The van der Waals surface area contributed by atoms with Gasteiger partial charge in [0.2, 0.25) is 0 Å². The predicted octanol–water partition coefficient (Wildman–Crippen LogP) is 0.926. The SMILES string of the molecule is COCCCNc1cc(NCC(C)=O)ncn1. The zero-order valence-electron chi connectivity index (χ0n) is 10.2. The highest BCUT2D eigenvalue weighted by Gasteiger charge is 1.99. The summed E-state index contributed by atoms with van der Waals surface area (Å²) in [6.45, 7) is 3.31. The third-order valence-corrected chi connectivity index (χ3v) is 2.02. The summed E-state index contributed by atoms with van der Waals surface area (Å²) in [5.41, 5.74) is 0. The second kappa shape index (κ2) is 7.56. The average Bonchev–Trinajstić information content (AvgIpc) is 2.33. The number of ketones is 1. The van der Waals surface area contributed by atoms with Gasteiger partial charge >= 0.3 is 0 Å². The summed E-state index contributed by atoms with van der Waals surface area (Å²) in [6, 6.07) is 1.77. The summed E-state index contributed by atoms with van der Waals surface area (Å²) in [4.78, 5) is 18.9. The maximum atomic E-state index is 10.8. The van der Waals surface area contributed by atoms with Gasteiger partial charge in [-0.2, -0.15) is 0 Å². The van der Waals surface area contributed by atoms with E-state index in [9.17, 15) is 4.79 Å². The van der Waals surface area contributed by atoms with E-state index in [4.69, 9.17) is 4.74 Å².